The summed E-state index contributed by atoms with van der Waals surface area (Å²) in [6.45, 7) is 4.03. The summed E-state index contributed by atoms with van der Waals surface area (Å²) < 4.78 is 7.00. The van der Waals surface area contributed by atoms with E-state index in [0.717, 1.165) is 6.42 Å². The summed E-state index contributed by atoms with van der Waals surface area (Å²) in [4.78, 5) is 11.2. The maximum Gasteiger partial charge on any atom is 0.253 e. The third-order valence-electron chi connectivity index (χ3n) is 1.99. The van der Waals surface area contributed by atoms with Crippen LogP contribution in [-0.4, -0.2) is 10.7 Å². The summed E-state index contributed by atoms with van der Waals surface area (Å²) in [7, 11) is 1.72. The molecule has 13 heavy (non-hydrogen) atoms. The van der Waals surface area contributed by atoms with Crippen molar-refractivity contribution < 1.29 is 4.74 Å². The van der Waals surface area contributed by atoms with E-state index in [2.05, 4.69) is 0 Å². The molecule has 0 aliphatic rings. The molecular formula is C10H15NO2. The minimum absolute atomic E-state index is 0.0409. The molecule has 1 aromatic rings. The number of nitrogens with zero attached hydrogens (tertiary/aromatic N) is 1. The lowest BCUT2D eigenvalue weighted by molar-refractivity contribution is 0.217. The van der Waals surface area contributed by atoms with Crippen LogP contribution in [0.25, 0.3) is 0 Å². The quantitative estimate of drug-likeness (QED) is 0.708. The molecule has 0 fully saturated rings. The van der Waals surface area contributed by atoms with E-state index in [9.17, 15) is 4.79 Å². The molecule has 3 heteroatoms. The molecule has 3 nitrogen and oxygen atoms in total. The SMILES string of the molecule is CCC(C)Oc1ccn(C)c(=O)c1. The average molecular weight is 181 g/mol. The van der Waals surface area contributed by atoms with E-state index in [0.29, 0.717) is 5.75 Å². The highest BCUT2D eigenvalue weighted by molar-refractivity contribution is 5.18. The lowest BCUT2D eigenvalue weighted by atomic mass is 10.3. The zero-order valence-corrected chi connectivity index (χ0v) is 8.28. The fourth-order valence-corrected chi connectivity index (χ4v) is 0.919. The van der Waals surface area contributed by atoms with Crippen LogP contribution < -0.4 is 10.3 Å². The Bertz CT molecular complexity index is 330. The number of hydrogen-bond donors (Lipinski definition) is 0. The summed E-state index contributed by atoms with van der Waals surface area (Å²) in [5.41, 5.74) is -0.0409. The molecule has 0 aliphatic carbocycles. The van der Waals surface area contributed by atoms with E-state index in [-0.39, 0.29) is 11.7 Å². The first-order chi connectivity index (χ1) is 6.13. The van der Waals surface area contributed by atoms with Gasteiger partial charge < -0.3 is 9.30 Å². The normalized spacial score (nSPS) is 12.5. The van der Waals surface area contributed by atoms with Gasteiger partial charge in [0.1, 0.15) is 5.75 Å². The van der Waals surface area contributed by atoms with Gasteiger partial charge in [0.2, 0.25) is 0 Å². The Morgan fingerprint density at radius 1 is 1.62 bits per heavy atom. The van der Waals surface area contributed by atoms with Gasteiger partial charge in [0.05, 0.1) is 6.10 Å². The highest BCUT2D eigenvalue weighted by Crippen LogP contribution is 2.09. The molecule has 0 aliphatic heterocycles. The second kappa shape index (κ2) is 4.12. The fraction of sp³-hybridized carbons (Fsp3) is 0.500. The first-order valence-electron chi connectivity index (χ1n) is 4.47. The van der Waals surface area contributed by atoms with Gasteiger partial charge in [0.25, 0.3) is 5.56 Å². The molecule has 0 N–H and O–H groups in total. The van der Waals surface area contributed by atoms with Crippen molar-refractivity contribution in [1.29, 1.82) is 0 Å². The zero-order chi connectivity index (χ0) is 9.84. The standard InChI is InChI=1S/C10H15NO2/c1-4-8(2)13-9-5-6-11(3)10(12)7-9/h5-8H,4H2,1-3H3. The number of rotatable bonds is 3. The first-order valence-corrected chi connectivity index (χ1v) is 4.47. The molecular weight excluding hydrogens is 166 g/mol. The van der Waals surface area contributed by atoms with Gasteiger partial charge in [-0.3, -0.25) is 4.79 Å². The van der Waals surface area contributed by atoms with Crippen LogP contribution in [0.3, 0.4) is 0 Å². The second-order valence-corrected chi connectivity index (χ2v) is 3.15. The van der Waals surface area contributed by atoms with Gasteiger partial charge in [0.15, 0.2) is 0 Å². The lowest BCUT2D eigenvalue weighted by Gasteiger charge is -2.12. The van der Waals surface area contributed by atoms with Crippen molar-refractivity contribution in [2.45, 2.75) is 26.4 Å². The smallest absolute Gasteiger partial charge is 0.253 e. The number of aryl methyl sites for hydroxylation is 1. The van der Waals surface area contributed by atoms with Crippen molar-refractivity contribution in [2.24, 2.45) is 7.05 Å². The Morgan fingerprint density at radius 3 is 2.85 bits per heavy atom. The third kappa shape index (κ3) is 2.61. The third-order valence-corrected chi connectivity index (χ3v) is 1.99. The molecule has 0 saturated heterocycles. The van der Waals surface area contributed by atoms with Crippen molar-refractivity contribution in [3.8, 4) is 5.75 Å². The van der Waals surface area contributed by atoms with Crippen LogP contribution in [0.5, 0.6) is 5.75 Å². The molecule has 0 amide bonds. The molecule has 0 spiro atoms. The Balaban J connectivity index is 2.80. The fourth-order valence-electron chi connectivity index (χ4n) is 0.919. The molecule has 1 aromatic heterocycles. The molecule has 0 saturated carbocycles. The molecule has 0 radical (unpaired) electrons. The van der Waals surface area contributed by atoms with Crippen molar-refractivity contribution in [3.63, 3.8) is 0 Å². The van der Waals surface area contributed by atoms with Crippen molar-refractivity contribution in [1.82, 2.24) is 4.57 Å². The Hall–Kier alpha value is -1.25. The van der Waals surface area contributed by atoms with Crippen LogP contribution in [0.2, 0.25) is 0 Å². The molecule has 72 valence electrons. The number of ether oxygens (including phenoxy) is 1. The Kier molecular flexibility index (Phi) is 3.12. The molecule has 1 atom stereocenters. The van der Waals surface area contributed by atoms with E-state index in [1.165, 1.54) is 10.6 Å². The van der Waals surface area contributed by atoms with Crippen molar-refractivity contribution in [2.75, 3.05) is 0 Å². The minimum atomic E-state index is -0.0409. The van der Waals surface area contributed by atoms with E-state index in [4.69, 9.17) is 4.74 Å². The van der Waals surface area contributed by atoms with Gasteiger partial charge in [-0.05, 0) is 19.4 Å². The summed E-state index contributed by atoms with van der Waals surface area (Å²) in [5.74, 6) is 0.650. The highest BCUT2D eigenvalue weighted by atomic mass is 16.5. The van der Waals surface area contributed by atoms with Crippen LogP contribution >= 0.6 is 0 Å². The second-order valence-electron chi connectivity index (χ2n) is 3.15. The number of pyridine rings is 1. The molecule has 0 aromatic carbocycles. The molecule has 0 bridgehead atoms. The minimum Gasteiger partial charge on any atom is -0.490 e. The molecule has 1 unspecified atom stereocenters. The Labute approximate surface area is 78.0 Å². The van der Waals surface area contributed by atoms with Gasteiger partial charge in [-0.25, -0.2) is 0 Å². The zero-order valence-electron chi connectivity index (χ0n) is 8.28. The van der Waals surface area contributed by atoms with Crippen LogP contribution in [0.4, 0.5) is 0 Å². The summed E-state index contributed by atoms with van der Waals surface area (Å²) in [6, 6.07) is 3.31. The predicted octanol–water partition coefficient (Wildman–Crippen LogP) is 1.56. The van der Waals surface area contributed by atoms with Crippen molar-refractivity contribution in [3.05, 3.63) is 28.7 Å². The summed E-state index contributed by atoms with van der Waals surface area (Å²) in [5, 5.41) is 0. The lowest BCUT2D eigenvalue weighted by Crippen LogP contribution is -2.17. The van der Waals surface area contributed by atoms with Crippen LogP contribution in [0.1, 0.15) is 20.3 Å². The van der Waals surface area contributed by atoms with Gasteiger partial charge >= 0.3 is 0 Å². The maximum atomic E-state index is 11.2. The van der Waals surface area contributed by atoms with Gasteiger partial charge in [-0.15, -0.1) is 0 Å². The van der Waals surface area contributed by atoms with Crippen LogP contribution in [-0.2, 0) is 7.05 Å². The summed E-state index contributed by atoms with van der Waals surface area (Å²) in [6.07, 6.45) is 2.81. The number of hydrogen-bond acceptors (Lipinski definition) is 2. The van der Waals surface area contributed by atoms with E-state index >= 15 is 0 Å². The number of aromatic nitrogens is 1. The van der Waals surface area contributed by atoms with Gasteiger partial charge in [-0.1, -0.05) is 6.92 Å². The Morgan fingerprint density at radius 2 is 2.31 bits per heavy atom. The predicted molar refractivity (Wildman–Crippen MR) is 52.1 cm³/mol. The van der Waals surface area contributed by atoms with E-state index < -0.39 is 0 Å². The molecule has 1 rings (SSSR count). The molecule has 1 heterocycles. The monoisotopic (exact) mass is 181 g/mol. The van der Waals surface area contributed by atoms with Crippen molar-refractivity contribution >= 4 is 0 Å². The van der Waals surface area contributed by atoms with Gasteiger partial charge in [0, 0.05) is 19.3 Å². The van der Waals surface area contributed by atoms with E-state index in [1.54, 1.807) is 19.3 Å². The maximum absolute atomic E-state index is 11.2. The summed E-state index contributed by atoms with van der Waals surface area (Å²) >= 11 is 0. The first kappa shape index (κ1) is 9.84. The average Bonchev–Trinajstić information content (AvgIpc) is 2.11. The van der Waals surface area contributed by atoms with Crippen LogP contribution in [0, 0.1) is 0 Å². The van der Waals surface area contributed by atoms with E-state index in [1.807, 2.05) is 13.8 Å². The largest absolute Gasteiger partial charge is 0.490 e. The topological polar surface area (TPSA) is 31.2 Å². The van der Waals surface area contributed by atoms with Gasteiger partial charge in [-0.2, -0.15) is 0 Å². The highest BCUT2D eigenvalue weighted by Gasteiger charge is 2.01. The van der Waals surface area contributed by atoms with Crippen LogP contribution in [0.15, 0.2) is 23.1 Å².